The molecule has 2 N–H and O–H groups in total. The molecule has 0 aromatic carbocycles. The lowest BCUT2D eigenvalue weighted by molar-refractivity contribution is -0.132. The average molecular weight is 417 g/mol. The molecule has 0 bridgehead atoms. The minimum Gasteiger partial charge on any atom is -0.361 e. The predicted molar refractivity (Wildman–Crippen MR) is 110 cm³/mol. The van der Waals surface area contributed by atoms with Crippen molar-refractivity contribution in [2.45, 2.75) is 77.7 Å². The van der Waals surface area contributed by atoms with Gasteiger partial charge in [-0.1, -0.05) is 25.9 Å². The molecule has 1 aliphatic carbocycles. The number of piperidine rings is 1. The first-order valence-corrected chi connectivity index (χ1v) is 11.1. The van der Waals surface area contributed by atoms with Gasteiger partial charge in [0.2, 0.25) is 5.91 Å². The molecule has 3 aliphatic rings. The number of carbonyl (C=O) groups excluding carboxylic acids is 3. The first-order valence-electron chi connectivity index (χ1n) is 11.1. The van der Waals surface area contributed by atoms with E-state index < -0.39 is 12.1 Å². The van der Waals surface area contributed by atoms with Gasteiger partial charge in [0, 0.05) is 31.0 Å². The summed E-state index contributed by atoms with van der Waals surface area (Å²) < 4.78 is 5.81. The van der Waals surface area contributed by atoms with Gasteiger partial charge in [0.15, 0.2) is 0 Å². The molecule has 2 saturated heterocycles. The number of fused-ring (bicyclic) bond motifs is 1. The molecule has 0 radical (unpaired) electrons. The molecule has 2 fully saturated rings. The highest BCUT2D eigenvalue weighted by Crippen LogP contribution is 2.41. The Morgan fingerprint density at radius 3 is 2.57 bits per heavy atom. The first-order chi connectivity index (χ1) is 14.2. The molecule has 2 aliphatic heterocycles. The number of rotatable bonds is 4. The molecule has 4 rings (SSSR count). The van der Waals surface area contributed by atoms with Crippen LogP contribution >= 0.6 is 0 Å². The molecular formula is C22H32N4O4. The number of carbonyl (C=O) groups is 3. The van der Waals surface area contributed by atoms with Gasteiger partial charge >= 0.3 is 6.03 Å². The molecule has 1 aromatic heterocycles. The maximum Gasteiger partial charge on any atom is 0.322 e. The number of amides is 4. The van der Waals surface area contributed by atoms with Gasteiger partial charge in [0.25, 0.3) is 5.91 Å². The highest BCUT2D eigenvalue weighted by Gasteiger charge is 2.36. The van der Waals surface area contributed by atoms with E-state index in [1.165, 1.54) is 5.56 Å². The summed E-state index contributed by atoms with van der Waals surface area (Å²) in [5, 5.41) is 9.10. The molecule has 30 heavy (non-hydrogen) atoms. The van der Waals surface area contributed by atoms with Gasteiger partial charge in [0.1, 0.15) is 11.8 Å². The van der Waals surface area contributed by atoms with Crippen molar-refractivity contribution in [3.05, 3.63) is 17.0 Å². The fraction of sp³-hybridized carbons (Fsp3) is 0.727. The van der Waals surface area contributed by atoms with Gasteiger partial charge < -0.3 is 14.7 Å². The van der Waals surface area contributed by atoms with Gasteiger partial charge in [0.05, 0.1) is 5.69 Å². The number of imide groups is 1. The number of nitrogens with one attached hydrogen (secondary N) is 2. The van der Waals surface area contributed by atoms with E-state index in [1.54, 1.807) is 0 Å². The fourth-order valence-corrected chi connectivity index (χ4v) is 4.97. The summed E-state index contributed by atoms with van der Waals surface area (Å²) in [6.45, 7) is 8.29. The van der Waals surface area contributed by atoms with Crippen LogP contribution in [-0.4, -0.2) is 47.0 Å². The number of likely N-dealkylation sites (tertiary alicyclic amines) is 1. The van der Waals surface area contributed by atoms with E-state index in [9.17, 15) is 14.4 Å². The zero-order valence-corrected chi connectivity index (χ0v) is 18.1. The monoisotopic (exact) mass is 416 g/mol. The van der Waals surface area contributed by atoms with Crippen LogP contribution in [0.2, 0.25) is 0 Å². The Bertz CT molecular complexity index is 833. The van der Waals surface area contributed by atoms with Crippen LogP contribution in [-0.2, 0) is 22.4 Å². The van der Waals surface area contributed by atoms with Crippen LogP contribution in [0.15, 0.2) is 4.52 Å². The zero-order valence-electron chi connectivity index (χ0n) is 18.1. The van der Waals surface area contributed by atoms with Gasteiger partial charge in [-0.15, -0.1) is 0 Å². The molecule has 0 saturated carbocycles. The van der Waals surface area contributed by atoms with Crippen molar-refractivity contribution in [2.75, 3.05) is 13.1 Å². The molecule has 164 valence electrons. The molecule has 0 spiro atoms. The van der Waals surface area contributed by atoms with Crippen molar-refractivity contribution >= 4 is 17.8 Å². The molecule has 4 amide bonds. The smallest absolute Gasteiger partial charge is 0.322 e. The second-order valence-electron chi connectivity index (χ2n) is 9.99. The van der Waals surface area contributed by atoms with Crippen LogP contribution in [0.1, 0.15) is 75.8 Å². The molecule has 3 heterocycles. The third-order valence-electron chi connectivity index (χ3n) is 7.03. The van der Waals surface area contributed by atoms with E-state index >= 15 is 0 Å². The Morgan fingerprint density at radius 2 is 1.93 bits per heavy atom. The second-order valence-corrected chi connectivity index (χ2v) is 9.99. The Balaban J connectivity index is 1.31. The van der Waals surface area contributed by atoms with Gasteiger partial charge in [-0.05, 0) is 49.9 Å². The third-order valence-corrected chi connectivity index (χ3v) is 7.03. The normalized spacial score (nSPS) is 25.1. The summed E-state index contributed by atoms with van der Waals surface area (Å²) in [5.41, 5.74) is 2.72. The number of aryl methyl sites for hydroxylation is 1. The van der Waals surface area contributed by atoms with E-state index in [0.29, 0.717) is 31.3 Å². The third kappa shape index (κ3) is 4.23. The van der Waals surface area contributed by atoms with Crippen molar-refractivity contribution in [3.63, 3.8) is 0 Å². The Morgan fingerprint density at radius 1 is 1.20 bits per heavy atom. The van der Waals surface area contributed by atoms with Crippen molar-refractivity contribution < 1.29 is 18.9 Å². The van der Waals surface area contributed by atoms with Crippen molar-refractivity contribution in [2.24, 2.45) is 11.3 Å². The first kappa shape index (κ1) is 20.9. The second kappa shape index (κ2) is 8.04. The Hall–Kier alpha value is -2.38. The minimum absolute atomic E-state index is 0.0368. The molecule has 8 heteroatoms. The van der Waals surface area contributed by atoms with Crippen molar-refractivity contribution in [3.8, 4) is 0 Å². The summed E-state index contributed by atoms with van der Waals surface area (Å²) in [7, 11) is 0. The number of hydrogen-bond donors (Lipinski definition) is 2. The average Bonchev–Trinajstić information content (AvgIpc) is 3.27. The highest BCUT2D eigenvalue weighted by molar-refractivity contribution is 6.04. The number of aromatic nitrogens is 1. The molecular weight excluding hydrogens is 384 g/mol. The largest absolute Gasteiger partial charge is 0.361 e. The summed E-state index contributed by atoms with van der Waals surface area (Å²) in [4.78, 5) is 37.2. The number of hydrogen-bond acceptors (Lipinski definition) is 5. The van der Waals surface area contributed by atoms with Crippen molar-refractivity contribution in [1.82, 2.24) is 20.7 Å². The number of nitrogens with zero attached hydrogens (tertiary/aromatic N) is 2. The van der Waals surface area contributed by atoms with Crippen LogP contribution < -0.4 is 10.6 Å². The van der Waals surface area contributed by atoms with Gasteiger partial charge in [-0.3, -0.25) is 14.9 Å². The Labute approximate surface area is 177 Å². The Kier molecular flexibility index (Phi) is 5.59. The lowest BCUT2D eigenvalue weighted by Gasteiger charge is -2.35. The van der Waals surface area contributed by atoms with Crippen molar-refractivity contribution in [1.29, 1.82) is 0 Å². The number of urea groups is 1. The minimum atomic E-state index is -0.601. The topological polar surface area (TPSA) is 105 Å². The van der Waals surface area contributed by atoms with E-state index in [2.05, 4.69) is 36.6 Å². The van der Waals surface area contributed by atoms with E-state index in [1.807, 2.05) is 4.90 Å². The maximum atomic E-state index is 12.6. The standard InChI is InChI=1S/C22H32N4O4/c1-22(2,3)14-4-5-16-15(12-14)19(30-25-16)13-8-10-26(11-9-13)18(27)7-6-17-20(28)24-21(29)23-17/h13-14,17H,4-12H2,1-3H3,(H2,23,24,28,29)/t14-,17-/m0/s1. The summed E-state index contributed by atoms with van der Waals surface area (Å²) in [5.74, 6) is 1.67. The van der Waals surface area contributed by atoms with Crippen LogP contribution in [0.25, 0.3) is 0 Å². The van der Waals surface area contributed by atoms with E-state index in [-0.39, 0.29) is 23.7 Å². The van der Waals surface area contributed by atoms with Crippen LogP contribution in [0, 0.1) is 11.3 Å². The zero-order chi connectivity index (χ0) is 21.5. The molecule has 8 nitrogen and oxygen atoms in total. The van der Waals surface area contributed by atoms with Crippen LogP contribution in [0.4, 0.5) is 4.79 Å². The van der Waals surface area contributed by atoms with E-state index in [0.717, 1.165) is 43.6 Å². The van der Waals surface area contributed by atoms with Gasteiger partial charge in [-0.2, -0.15) is 0 Å². The molecule has 2 atom stereocenters. The highest BCUT2D eigenvalue weighted by atomic mass is 16.5. The van der Waals surface area contributed by atoms with Crippen LogP contribution in [0.3, 0.4) is 0 Å². The maximum absolute atomic E-state index is 12.6. The van der Waals surface area contributed by atoms with Crippen LogP contribution in [0.5, 0.6) is 0 Å². The van der Waals surface area contributed by atoms with Gasteiger partial charge in [-0.25, -0.2) is 4.79 Å². The molecule has 0 unspecified atom stereocenters. The lowest BCUT2D eigenvalue weighted by Crippen LogP contribution is -2.39. The summed E-state index contributed by atoms with van der Waals surface area (Å²) >= 11 is 0. The molecule has 1 aromatic rings. The summed E-state index contributed by atoms with van der Waals surface area (Å²) in [6.07, 6.45) is 5.51. The summed E-state index contributed by atoms with van der Waals surface area (Å²) in [6, 6.07) is -1.09. The quantitative estimate of drug-likeness (QED) is 0.734. The predicted octanol–water partition coefficient (Wildman–Crippen LogP) is 2.52. The van der Waals surface area contributed by atoms with E-state index in [4.69, 9.17) is 4.52 Å². The fourth-order valence-electron chi connectivity index (χ4n) is 4.97. The SMILES string of the molecule is CC(C)(C)[C@H]1CCc2noc(C3CCN(C(=O)CC[C@@H]4NC(=O)NC4=O)CC3)c2C1. The lowest BCUT2D eigenvalue weighted by atomic mass is 9.71.